The number of hydrogen-bond acceptors (Lipinski definition) is 4. The van der Waals surface area contributed by atoms with E-state index in [1.807, 2.05) is 110 Å². The summed E-state index contributed by atoms with van der Waals surface area (Å²) >= 11 is 0. The molecule has 3 aromatic carbocycles. The maximum Gasteiger partial charge on any atom is 2.00 e. The fourth-order valence-electron chi connectivity index (χ4n) is 5.57. The Balaban J connectivity index is 0.00000372. The molecule has 6 nitrogen and oxygen atoms in total. The summed E-state index contributed by atoms with van der Waals surface area (Å²) in [7, 11) is 0. The first kappa shape index (κ1) is 30.6. The van der Waals surface area contributed by atoms with Crippen LogP contribution in [-0.2, 0) is 29.0 Å². The Hall–Kier alpha value is -5.39. The summed E-state index contributed by atoms with van der Waals surface area (Å²) in [5.41, 5.74) is 10.1. The Kier molecular flexibility index (Phi) is 9.14. The molecule has 0 N–H and O–H groups in total. The number of benzene rings is 3. The first-order chi connectivity index (χ1) is 22.2. The van der Waals surface area contributed by atoms with Gasteiger partial charge in [0.1, 0.15) is 0 Å². The zero-order valence-electron chi connectivity index (χ0n) is 25.3. The van der Waals surface area contributed by atoms with Crippen molar-refractivity contribution in [3.05, 3.63) is 190 Å². The van der Waals surface area contributed by atoms with Gasteiger partial charge >= 0.3 is 19.5 Å². The molecule has 0 saturated heterocycles. The van der Waals surface area contributed by atoms with Gasteiger partial charge < -0.3 is 19.8 Å². The summed E-state index contributed by atoms with van der Waals surface area (Å²) in [4.78, 5) is 27.1. The van der Waals surface area contributed by atoms with Gasteiger partial charge in [0, 0.05) is 6.08 Å². The molecule has 46 heavy (non-hydrogen) atoms. The number of allylic oxidation sites excluding steroid dienone is 5. The van der Waals surface area contributed by atoms with Gasteiger partial charge in [-0.25, -0.2) is 9.98 Å². The minimum atomic E-state index is -0.270. The number of nitrogens with zero attached hydrogens (tertiary/aromatic N) is 4. The Morgan fingerprint density at radius 3 is 1.65 bits per heavy atom. The second-order valence-corrected chi connectivity index (χ2v) is 10.4. The van der Waals surface area contributed by atoms with E-state index in [0.717, 1.165) is 61.9 Å². The van der Waals surface area contributed by atoms with Gasteiger partial charge in [0.15, 0.2) is 0 Å². The molecule has 0 fully saturated rings. The van der Waals surface area contributed by atoms with Gasteiger partial charge in [-0.05, 0) is 64.6 Å². The zero-order chi connectivity index (χ0) is 30.6. The third-order valence-corrected chi connectivity index (χ3v) is 7.53. The molecule has 7 rings (SSSR count). The number of amides is 1. The summed E-state index contributed by atoms with van der Waals surface area (Å²) in [6, 6.07) is 34.3. The van der Waals surface area contributed by atoms with Crippen LogP contribution in [0.5, 0.6) is 0 Å². The summed E-state index contributed by atoms with van der Waals surface area (Å²) in [5.74, 6) is 0.320. The van der Waals surface area contributed by atoms with Gasteiger partial charge in [-0.2, -0.15) is 0 Å². The SMILES string of the molecule is CCOC1=N/C(=C(/c2ccccc2)c2ccc(/C(=C3/C=CC(C(=C4/C=CC(=O)[N-]4)/c4ccccc4)=N3)c3ccccc3)[n-]2)C=C1.[Zn+2]. The third kappa shape index (κ3) is 6.23. The number of aliphatic imine (C=N–C) groups is 2. The summed E-state index contributed by atoms with van der Waals surface area (Å²) in [5, 5.41) is 4.26. The van der Waals surface area contributed by atoms with Crippen LogP contribution in [0.2, 0.25) is 0 Å². The minimum absolute atomic E-state index is 0. The van der Waals surface area contributed by atoms with E-state index in [2.05, 4.69) is 29.6 Å². The number of hydrogen-bond donors (Lipinski definition) is 0. The van der Waals surface area contributed by atoms with Crippen LogP contribution >= 0.6 is 0 Å². The quantitative estimate of drug-likeness (QED) is 0.190. The van der Waals surface area contributed by atoms with Crippen LogP contribution in [0, 0.1) is 0 Å². The first-order valence-electron chi connectivity index (χ1n) is 14.8. The van der Waals surface area contributed by atoms with Gasteiger partial charge in [0.25, 0.3) is 0 Å². The summed E-state index contributed by atoms with van der Waals surface area (Å²) in [6.45, 7) is 2.49. The molecule has 0 atom stereocenters. The predicted octanol–water partition coefficient (Wildman–Crippen LogP) is 8.06. The molecule has 4 heterocycles. The van der Waals surface area contributed by atoms with Crippen molar-refractivity contribution in [2.24, 2.45) is 9.98 Å². The number of carbonyl (C=O) groups is 1. The molecule has 7 heteroatoms. The Morgan fingerprint density at radius 1 is 0.609 bits per heavy atom. The maximum absolute atomic E-state index is 12.1. The van der Waals surface area contributed by atoms with E-state index in [1.165, 1.54) is 6.08 Å². The molecule has 1 amide bonds. The fourth-order valence-corrected chi connectivity index (χ4v) is 5.57. The standard InChI is InChI=1S/C39H29N4O2.Zn/c1-2-45-36-25-23-34(43-36)39(28-16-10-5-11-17-28)32-21-19-30(41-32)37(26-12-6-3-7-13-26)29-18-20-31(40-29)38(27-14-8-4-9-15-27)33-22-24-35(44)42-33;/h3-25H,2H2,1H3,(H-,40,41,42,43,44);/q-1;+2/p-1. The van der Waals surface area contributed by atoms with E-state index in [9.17, 15) is 4.79 Å². The van der Waals surface area contributed by atoms with Crippen molar-refractivity contribution in [1.82, 2.24) is 4.98 Å². The number of rotatable bonds is 7. The topological polar surface area (TPSA) is 79.2 Å². The molecular formula is C39H28N4O2Zn. The predicted molar refractivity (Wildman–Crippen MR) is 180 cm³/mol. The zero-order valence-corrected chi connectivity index (χ0v) is 28.3. The molecule has 0 unspecified atom stereocenters. The van der Waals surface area contributed by atoms with Crippen LogP contribution in [0.4, 0.5) is 0 Å². The molecule has 0 spiro atoms. The molecular weight excluding hydrogens is 622 g/mol. The molecule has 4 aromatic rings. The number of ether oxygens (including phenoxy) is 1. The largest absolute Gasteiger partial charge is 2.00 e. The molecule has 0 radical (unpaired) electrons. The molecule has 218 valence electrons. The maximum atomic E-state index is 12.1. The molecule has 3 aliphatic rings. The molecule has 0 aliphatic carbocycles. The normalized spacial score (nSPS) is 18.2. The molecule has 1 aromatic heterocycles. The van der Waals surface area contributed by atoms with Crippen molar-refractivity contribution in [3.63, 3.8) is 0 Å². The van der Waals surface area contributed by atoms with Crippen molar-refractivity contribution < 1.29 is 29.0 Å². The minimum Gasteiger partial charge on any atom is -0.657 e. The van der Waals surface area contributed by atoms with Crippen LogP contribution in [0.3, 0.4) is 0 Å². The van der Waals surface area contributed by atoms with Crippen molar-refractivity contribution in [2.75, 3.05) is 6.61 Å². The van der Waals surface area contributed by atoms with Gasteiger partial charge in [0.05, 0.1) is 29.6 Å². The molecule has 0 saturated carbocycles. The molecule has 0 bridgehead atoms. The van der Waals surface area contributed by atoms with Crippen LogP contribution in [0.15, 0.2) is 167 Å². The summed E-state index contributed by atoms with van der Waals surface area (Å²) < 4.78 is 5.67. The Morgan fingerprint density at radius 2 is 1.13 bits per heavy atom. The van der Waals surface area contributed by atoms with Crippen molar-refractivity contribution >= 4 is 34.2 Å². The fraction of sp³-hybridized carbons (Fsp3) is 0.0513. The van der Waals surface area contributed by atoms with E-state index in [1.54, 1.807) is 6.08 Å². The van der Waals surface area contributed by atoms with Crippen LogP contribution in [0.1, 0.15) is 35.0 Å². The average molecular weight is 650 g/mol. The second-order valence-electron chi connectivity index (χ2n) is 10.4. The monoisotopic (exact) mass is 648 g/mol. The smallest absolute Gasteiger partial charge is 0.657 e. The van der Waals surface area contributed by atoms with E-state index in [0.29, 0.717) is 18.2 Å². The van der Waals surface area contributed by atoms with Gasteiger partial charge in [0.2, 0.25) is 5.90 Å². The van der Waals surface area contributed by atoms with Gasteiger partial charge in [-0.3, -0.25) is 0 Å². The van der Waals surface area contributed by atoms with Gasteiger partial charge in [-0.1, -0.05) is 109 Å². The average Bonchev–Trinajstić information content (AvgIpc) is 3.90. The number of aromatic nitrogens is 1. The van der Waals surface area contributed by atoms with Crippen molar-refractivity contribution in [3.8, 4) is 0 Å². The van der Waals surface area contributed by atoms with Crippen molar-refractivity contribution in [1.29, 1.82) is 0 Å². The van der Waals surface area contributed by atoms with E-state index >= 15 is 0 Å². The van der Waals surface area contributed by atoms with Gasteiger partial charge in [-0.15, -0.1) is 17.1 Å². The number of carbonyl (C=O) groups excluding carboxylic acids is 1. The van der Waals surface area contributed by atoms with Crippen LogP contribution in [0.25, 0.3) is 22.0 Å². The first-order valence-corrected chi connectivity index (χ1v) is 14.8. The Bertz CT molecular complexity index is 2030. The Labute approximate surface area is 280 Å². The third-order valence-electron chi connectivity index (χ3n) is 7.53. The van der Waals surface area contributed by atoms with Crippen molar-refractivity contribution in [2.45, 2.75) is 6.92 Å². The molecule has 3 aliphatic heterocycles. The van der Waals surface area contributed by atoms with E-state index in [4.69, 9.17) is 19.7 Å². The van der Waals surface area contributed by atoms with E-state index < -0.39 is 0 Å². The van der Waals surface area contributed by atoms with Crippen LogP contribution in [-0.4, -0.2) is 24.1 Å². The van der Waals surface area contributed by atoms with E-state index in [-0.39, 0.29) is 25.4 Å². The summed E-state index contributed by atoms with van der Waals surface area (Å²) in [6.07, 6.45) is 11.1. The second kappa shape index (κ2) is 13.7. The van der Waals surface area contributed by atoms with Crippen LogP contribution < -0.4 is 4.98 Å².